The predicted octanol–water partition coefficient (Wildman–Crippen LogP) is 3.29. The molecule has 1 N–H and O–H groups in total. The highest BCUT2D eigenvalue weighted by Gasteiger charge is 2.15. The maximum absolute atomic E-state index is 10.5. The molecule has 0 radical (unpaired) electrons. The first-order chi connectivity index (χ1) is 8.66. The number of carboxylic acid groups (broad SMARTS) is 1. The smallest absolute Gasteiger partial charge is 0.304 e. The Morgan fingerprint density at radius 1 is 1.56 bits per heavy atom. The largest absolute Gasteiger partial charge is 0.482 e. The second kappa shape index (κ2) is 6.38. The molecule has 0 fully saturated rings. The predicted molar refractivity (Wildman–Crippen MR) is 76.4 cm³/mol. The zero-order valence-electron chi connectivity index (χ0n) is 10.3. The molecule has 3 nitrogen and oxygen atoms in total. The molecule has 0 unspecified atom stereocenters. The highest BCUT2D eigenvalue weighted by molar-refractivity contribution is 7.98. The summed E-state index contributed by atoms with van der Waals surface area (Å²) < 4.78 is 5.72. The van der Waals surface area contributed by atoms with Crippen molar-refractivity contribution in [2.75, 3.05) is 11.7 Å². The molecule has 0 saturated heterocycles. The first-order valence-electron chi connectivity index (χ1n) is 5.79. The van der Waals surface area contributed by atoms with Gasteiger partial charge in [0.15, 0.2) is 0 Å². The van der Waals surface area contributed by atoms with Gasteiger partial charge in [-0.3, -0.25) is 4.79 Å². The second-order valence-electron chi connectivity index (χ2n) is 4.22. The lowest BCUT2D eigenvalue weighted by atomic mass is 10.1. The molecule has 1 aliphatic rings. The van der Waals surface area contributed by atoms with Crippen molar-refractivity contribution in [1.82, 2.24) is 0 Å². The highest BCUT2D eigenvalue weighted by atomic mass is 32.2. The van der Waals surface area contributed by atoms with Crippen LogP contribution in [0.3, 0.4) is 0 Å². The van der Waals surface area contributed by atoms with Crippen LogP contribution in [0.2, 0.25) is 0 Å². The topological polar surface area (TPSA) is 46.5 Å². The molecular weight excluding hydrogens is 268 g/mol. The fourth-order valence-electron chi connectivity index (χ4n) is 1.92. The Kier molecular flexibility index (Phi) is 4.83. The number of hydrogen-bond donors (Lipinski definition) is 1. The third-order valence-electron chi connectivity index (χ3n) is 2.65. The Balaban J connectivity index is 2.02. The number of carboxylic acids is 1. The van der Waals surface area contributed by atoms with Crippen molar-refractivity contribution < 1.29 is 14.6 Å². The summed E-state index contributed by atoms with van der Waals surface area (Å²) in [6, 6.07) is 4.31. The van der Waals surface area contributed by atoms with E-state index >= 15 is 0 Å². The Hall–Kier alpha value is -0.810. The van der Waals surface area contributed by atoms with Crippen molar-refractivity contribution >= 4 is 29.5 Å². The van der Waals surface area contributed by atoms with E-state index in [4.69, 9.17) is 9.84 Å². The number of carbonyl (C=O) groups is 1. The second-order valence-corrected chi connectivity index (χ2v) is 6.26. The fourth-order valence-corrected chi connectivity index (χ4v) is 3.54. The van der Waals surface area contributed by atoms with Crippen molar-refractivity contribution in [3.05, 3.63) is 28.8 Å². The van der Waals surface area contributed by atoms with Crippen LogP contribution >= 0.6 is 23.5 Å². The van der Waals surface area contributed by atoms with Gasteiger partial charge in [-0.1, -0.05) is 17.7 Å². The Bertz CT molecular complexity index is 446. The molecule has 0 saturated carbocycles. The van der Waals surface area contributed by atoms with Crippen LogP contribution in [-0.2, 0) is 16.3 Å². The minimum Gasteiger partial charge on any atom is -0.482 e. The summed E-state index contributed by atoms with van der Waals surface area (Å²) in [6.45, 7) is 2.09. The minimum atomic E-state index is -0.735. The van der Waals surface area contributed by atoms with Crippen LogP contribution in [0.4, 0.5) is 0 Å². The summed E-state index contributed by atoms with van der Waals surface area (Å²) in [6.07, 6.45) is 0.218. The van der Waals surface area contributed by atoms with Gasteiger partial charge in [0.2, 0.25) is 0 Å². The number of thioether (sulfide) groups is 2. The normalized spacial score (nSPS) is 13.8. The van der Waals surface area contributed by atoms with Gasteiger partial charge in [0.05, 0.1) is 6.42 Å². The van der Waals surface area contributed by atoms with Crippen LogP contribution in [-0.4, -0.2) is 22.8 Å². The fraction of sp³-hybridized carbons (Fsp3) is 0.462. The molecule has 0 aliphatic carbocycles. The first kappa shape index (κ1) is 13.6. The summed E-state index contributed by atoms with van der Waals surface area (Å²) in [5, 5.41) is 8.61. The quantitative estimate of drug-likeness (QED) is 0.841. The van der Waals surface area contributed by atoms with Gasteiger partial charge in [-0.25, -0.2) is 0 Å². The van der Waals surface area contributed by atoms with E-state index in [2.05, 4.69) is 19.1 Å². The van der Waals surface area contributed by atoms with E-state index in [-0.39, 0.29) is 6.42 Å². The molecule has 1 aromatic carbocycles. The number of rotatable bonds is 5. The molecule has 1 aliphatic heterocycles. The SMILES string of the molecule is Cc1cc(CSCCC(=O)O)c2c(c1)CSCO2. The van der Waals surface area contributed by atoms with Gasteiger partial charge < -0.3 is 9.84 Å². The maximum atomic E-state index is 10.5. The number of benzene rings is 1. The molecule has 1 heterocycles. The van der Waals surface area contributed by atoms with Gasteiger partial charge in [-0.05, 0) is 6.92 Å². The number of hydrogen-bond acceptors (Lipinski definition) is 4. The average molecular weight is 284 g/mol. The van der Waals surface area contributed by atoms with Crippen LogP contribution in [0.25, 0.3) is 0 Å². The van der Waals surface area contributed by atoms with Gasteiger partial charge in [0, 0.05) is 28.4 Å². The maximum Gasteiger partial charge on any atom is 0.304 e. The van der Waals surface area contributed by atoms with Crippen molar-refractivity contribution in [2.45, 2.75) is 24.9 Å². The van der Waals surface area contributed by atoms with Crippen molar-refractivity contribution in [2.24, 2.45) is 0 Å². The number of aliphatic carboxylic acids is 1. The van der Waals surface area contributed by atoms with Gasteiger partial charge in [0.25, 0.3) is 0 Å². The molecule has 98 valence electrons. The molecule has 0 spiro atoms. The first-order valence-corrected chi connectivity index (χ1v) is 8.10. The van der Waals surface area contributed by atoms with E-state index in [1.807, 2.05) is 0 Å². The summed E-state index contributed by atoms with van der Waals surface area (Å²) in [4.78, 5) is 10.5. The van der Waals surface area contributed by atoms with Crippen molar-refractivity contribution in [3.63, 3.8) is 0 Å². The van der Waals surface area contributed by atoms with E-state index in [0.29, 0.717) is 11.7 Å². The summed E-state index contributed by atoms with van der Waals surface area (Å²) in [5.41, 5.74) is 3.70. The minimum absolute atomic E-state index is 0.218. The summed E-state index contributed by atoms with van der Waals surface area (Å²) >= 11 is 3.43. The van der Waals surface area contributed by atoms with Crippen LogP contribution in [0.5, 0.6) is 5.75 Å². The molecule has 18 heavy (non-hydrogen) atoms. The van der Waals surface area contributed by atoms with Gasteiger partial charge in [0.1, 0.15) is 11.7 Å². The van der Waals surface area contributed by atoms with Crippen molar-refractivity contribution in [1.29, 1.82) is 0 Å². The van der Waals surface area contributed by atoms with Gasteiger partial charge in [-0.2, -0.15) is 11.8 Å². The van der Waals surface area contributed by atoms with E-state index in [0.717, 1.165) is 17.3 Å². The van der Waals surface area contributed by atoms with E-state index < -0.39 is 5.97 Å². The van der Waals surface area contributed by atoms with Crippen LogP contribution in [0.15, 0.2) is 12.1 Å². The van der Waals surface area contributed by atoms with Crippen LogP contribution in [0.1, 0.15) is 23.1 Å². The number of aryl methyl sites for hydroxylation is 1. The molecule has 5 heteroatoms. The van der Waals surface area contributed by atoms with E-state index in [1.165, 1.54) is 16.7 Å². The highest BCUT2D eigenvalue weighted by Crippen LogP contribution is 2.35. The van der Waals surface area contributed by atoms with Gasteiger partial charge >= 0.3 is 5.97 Å². The van der Waals surface area contributed by atoms with Crippen LogP contribution in [0, 0.1) is 6.92 Å². The zero-order valence-corrected chi connectivity index (χ0v) is 11.9. The summed E-state index contributed by atoms with van der Waals surface area (Å²) in [5.74, 6) is 3.46. The number of ether oxygens (including phenoxy) is 1. The average Bonchev–Trinajstić information content (AvgIpc) is 2.34. The molecule has 0 bridgehead atoms. The molecule has 0 atom stereocenters. The molecular formula is C13H16O3S2. The molecule has 1 aromatic rings. The lowest BCUT2D eigenvalue weighted by Gasteiger charge is -2.20. The van der Waals surface area contributed by atoms with Crippen molar-refractivity contribution in [3.8, 4) is 5.75 Å². The third kappa shape index (κ3) is 3.59. The Morgan fingerprint density at radius 3 is 3.17 bits per heavy atom. The molecule has 2 rings (SSSR count). The van der Waals surface area contributed by atoms with E-state index in [9.17, 15) is 4.79 Å². The Labute approximate surface area is 115 Å². The standard InChI is InChI=1S/C13H16O3S2/c1-9-4-10(6-17-3-2-12(14)15)13-11(5-9)7-18-8-16-13/h4-5H,2-3,6-8H2,1H3,(H,14,15). The third-order valence-corrected chi connectivity index (χ3v) is 4.46. The Morgan fingerprint density at radius 2 is 2.39 bits per heavy atom. The lowest BCUT2D eigenvalue weighted by molar-refractivity contribution is -0.136. The lowest BCUT2D eigenvalue weighted by Crippen LogP contribution is -2.06. The molecule has 0 aromatic heterocycles. The number of fused-ring (bicyclic) bond motifs is 1. The van der Waals surface area contributed by atoms with Crippen LogP contribution < -0.4 is 4.74 Å². The molecule has 0 amide bonds. The zero-order chi connectivity index (χ0) is 13.0. The van der Waals surface area contributed by atoms with E-state index in [1.54, 1.807) is 23.5 Å². The monoisotopic (exact) mass is 284 g/mol. The summed E-state index contributed by atoms with van der Waals surface area (Å²) in [7, 11) is 0. The van der Waals surface area contributed by atoms with Gasteiger partial charge in [-0.15, -0.1) is 11.8 Å².